The molecule has 9 heteroatoms. The van der Waals surface area contributed by atoms with Crippen LogP contribution in [0.5, 0.6) is 0 Å². The minimum absolute atomic E-state index is 0.0373. The molecule has 0 N–H and O–H groups in total. The van der Waals surface area contributed by atoms with Crippen LogP contribution in [-0.2, 0) is 11.3 Å². The molecule has 2 fully saturated rings. The Morgan fingerprint density at radius 3 is 2.46 bits per heavy atom. The Labute approximate surface area is 203 Å². The van der Waals surface area contributed by atoms with E-state index in [4.69, 9.17) is 9.97 Å². The number of benzene rings is 1. The molecule has 0 bridgehead atoms. The Hall–Kier alpha value is -3.46. The Morgan fingerprint density at radius 1 is 0.914 bits per heavy atom. The SMILES string of the molecule is CC(=O)N1CCN(c2ccc3c(=O)n(CCCN4CCCC4)c4nc5ccccc5n4c3n2)CC1. The number of aromatic nitrogens is 4. The summed E-state index contributed by atoms with van der Waals surface area (Å²) < 4.78 is 3.86. The molecular formula is C26H31N7O2. The number of fused-ring (bicyclic) bond motifs is 5. The number of likely N-dealkylation sites (tertiary alicyclic amines) is 1. The van der Waals surface area contributed by atoms with Gasteiger partial charge in [-0.25, -0.2) is 9.97 Å². The van der Waals surface area contributed by atoms with E-state index in [0.29, 0.717) is 36.4 Å². The summed E-state index contributed by atoms with van der Waals surface area (Å²) in [4.78, 5) is 41.7. The molecule has 2 saturated heterocycles. The van der Waals surface area contributed by atoms with Crippen molar-refractivity contribution in [2.24, 2.45) is 0 Å². The third kappa shape index (κ3) is 3.93. The number of para-hydroxylation sites is 2. The Bertz CT molecular complexity index is 1460. The van der Waals surface area contributed by atoms with E-state index in [1.54, 1.807) is 6.92 Å². The standard InChI is InChI=1S/C26H31N7O2/c1-19(34)30-15-17-31(18-16-30)23-10-9-20-24(28-23)33-22-8-3-2-7-21(22)27-26(33)32(25(20)35)14-6-13-29-11-4-5-12-29/h2-3,7-10H,4-6,11-18H2,1H3. The van der Waals surface area contributed by atoms with Crippen LogP contribution in [0.15, 0.2) is 41.2 Å². The molecule has 5 heterocycles. The number of pyridine rings is 1. The summed E-state index contributed by atoms with van der Waals surface area (Å²) in [5, 5.41) is 0.605. The predicted molar refractivity (Wildman–Crippen MR) is 137 cm³/mol. The van der Waals surface area contributed by atoms with Gasteiger partial charge in [0.1, 0.15) is 5.82 Å². The molecule has 35 heavy (non-hydrogen) atoms. The summed E-state index contributed by atoms with van der Waals surface area (Å²) in [6.45, 7) is 8.35. The first kappa shape index (κ1) is 22.0. The van der Waals surface area contributed by atoms with Gasteiger partial charge in [-0.2, -0.15) is 0 Å². The van der Waals surface area contributed by atoms with Crippen LogP contribution in [0.2, 0.25) is 0 Å². The third-order valence-corrected chi connectivity index (χ3v) is 7.44. The van der Waals surface area contributed by atoms with Crippen LogP contribution >= 0.6 is 0 Å². The van der Waals surface area contributed by atoms with Crippen molar-refractivity contribution in [1.29, 1.82) is 0 Å². The van der Waals surface area contributed by atoms with Crippen molar-refractivity contribution in [3.05, 3.63) is 46.8 Å². The minimum Gasteiger partial charge on any atom is -0.353 e. The van der Waals surface area contributed by atoms with E-state index in [9.17, 15) is 9.59 Å². The van der Waals surface area contributed by atoms with Crippen LogP contribution < -0.4 is 10.5 Å². The number of carbonyl (C=O) groups is 1. The van der Waals surface area contributed by atoms with Crippen LogP contribution in [0.3, 0.4) is 0 Å². The zero-order valence-corrected chi connectivity index (χ0v) is 20.2. The van der Waals surface area contributed by atoms with E-state index in [-0.39, 0.29) is 11.5 Å². The van der Waals surface area contributed by atoms with Gasteiger partial charge in [0.25, 0.3) is 5.56 Å². The van der Waals surface area contributed by atoms with E-state index in [2.05, 4.69) is 9.80 Å². The van der Waals surface area contributed by atoms with Gasteiger partial charge in [-0.05, 0) is 63.2 Å². The van der Waals surface area contributed by atoms with Gasteiger partial charge in [-0.15, -0.1) is 0 Å². The summed E-state index contributed by atoms with van der Waals surface area (Å²) in [6, 6.07) is 11.8. The van der Waals surface area contributed by atoms with Gasteiger partial charge in [0, 0.05) is 39.6 Å². The molecule has 0 spiro atoms. The highest BCUT2D eigenvalue weighted by molar-refractivity contribution is 5.88. The number of imidazole rings is 1. The smallest absolute Gasteiger partial charge is 0.264 e. The molecule has 0 saturated carbocycles. The third-order valence-electron chi connectivity index (χ3n) is 7.44. The van der Waals surface area contributed by atoms with Crippen LogP contribution in [-0.4, -0.2) is 80.5 Å². The van der Waals surface area contributed by atoms with Crippen molar-refractivity contribution in [3.63, 3.8) is 0 Å². The zero-order valence-electron chi connectivity index (χ0n) is 20.2. The number of aryl methyl sites for hydroxylation is 1. The van der Waals surface area contributed by atoms with Gasteiger partial charge in [0.15, 0.2) is 5.65 Å². The number of carbonyl (C=O) groups excluding carboxylic acids is 1. The van der Waals surface area contributed by atoms with E-state index in [1.165, 1.54) is 12.8 Å². The maximum absolute atomic E-state index is 13.7. The second-order valence-corrected chi connectivity index (χ2v) is 9.63. The fraction of sp³-hybridized carbons (Fsp3) is 0.462. The monoisotopic (exact) mass is 473 g/mol. The fourth-order valence-electron chi connectivity index (χ4n) is 5.50. The van der Waals surface area contributed by atoms with Gasteiger partial charge in [0.2, 0.25) is 11.7 Å². The Balaban J connectivity index is 1.42. The van der Waals surface area contributed by atoms with E-state index < -0.39 is 0 Å². The summed E-state index contributed by atoms with van der Waals surface area (Å²) in [7, 11) is 0. The largest absolute Gasteiger partial charge is 0.353 e. The van der Waals surface area contributed by atoms with Crippen LogP contribution in [0, 0.1) is 0 Å². The van der Waals surface area contributed by atoms with Gasteiger partial charge in [0.05, 0.1) is 16.4 Å². The van der Waals surface area contributed by atoms with Crippen molar-refractivity contribution in [3.8, 4) is 0 Å². The molecule has 0 atom stereocenters. The first-order valence-corrected chi connectivity index (χ1v) is 12.6. The fourth-order valence-corrected chi connectivity index (χ4v) is 5.50. The molecule has 0 aliphatic carbocycles. The molecule has 3 aromatic heterocycles. The molecule has 2 aliphatic rings. The highest BCUT2D eigenvalue weighted by Crippen LogP contribution is 2.23. The van der Waals surface area contributed by atoms with Gasteiger partial charge < -0.3 is 14.7 Å². The molecular weight excluding hydrogens is 442 g/mol. The molecule has 182 valence electrons. The van der Waals surface area contributed by atoms with E-state index in [1.807, 2.05) is 50.3 Å². The lowest BCUT2D eigenvalue weighted by molar-refractivity contribution is -0.129. The van der Waals surface area contributed by atoms with Crippen molar-refractivity contribution >= 4 is 39.6 Å². The average molecular weight is 474 g/mol. The minimum atomic E-state index is -0.0373. The van der Waals surface area contributed by atoms with Crippen molar-refractivity contribution in [1.82, 2.24) is 28.7 Å². The lowest BCUT2D eigenvalue weighted by Gasteiger charge is -2.35. The molecule has 9 nitrogen and oxygen atoms in total. The summed E-state index contributed by atoms with van der Waals surface area (Å²) in [5.41, 5.74) is 2.41. The predicted octanol–water partition coefficient (Wildman–Crippen LogP) is 2.35. The molecule has 2 aliphatic heterocycles. The molecule has 1 aromatic carbocycles. The van der Waals surface area contributed by atoms with Crippen molar-refractivity contribution in [2.75, 3.05) is 50.7 Å². The number of hydrogen-bond acceptors (Lipinski definition) is 6. The summed E-state index contributed by atoms with van der Waals surface area (Å²) in [6.07, 6.45) is 3.45. The second kappa shape index (κ2) is 8.96. The second-order valence-electron chi connectivity index (χ2n) is 9.63. The van der Waals surface area contributed by atoms with Crippen LogP contribution in [0.25, 0.3) is 27.8 Å². The number of piperazine rings is 1. The Kier molecular flexibility index (Phi) is 5.64. The topological polar surface area (TPSA) is 79.0 Å². The van der Waals surface area contributed by atoms with E-state index in [0.717, 1.165) is 56.0 Å². The lowest BCUT2D eigenvalue weighted by atomic mass is 10.2. The quantitative estimate of drug-likeness (QED) is 0.443. The maximum atomic E-state index is 13.7. The lowest BCUT2D eigenvalue weighted by Crippen LogP contribution is -2.48. The van der Waals surface area contributed by atoms with Gasteiger partial charge in [-0.1, -0.05) is 12.1 Å². The first-order valence-electron chi connectivity index (χ1n) is 12.6. The number of nitrogens with zero attached hydrogens (tertiary/aromatic N) is 7. The Morgan fingerprint density at radius 2 is 1.69 bits per heavy atom. The molecule has 4 aromatic rings. The molecule has 6 rings (SSSR count). The number of rotatable bonds is 5. The van der Waals surface area contributed by atoms with Gasteiger partial charge in [-0.3, -0.25) is 18.6 Å². The number of anilines is 1. The van der Waals surface area contributed by atoms with Crippen molar-refractivity contribution in [2.45, 2.75) is 32.7 Å². The summed E-state index contributed by atoms with van der Waals surface area (Å²) in [5.74, 6) is 1.58. The highest BCUT2D eigenvalue weighted by atomic mass is 16.2. The molecule has 0 radical (unpaired) electrons. The highest BCUT2D eigenvalue weighted by Gasteiger charge is 2.22. The van der Waals surface area contributed by atoms with Crippen LogP contribution in [0.1, 0.15) is 26.2 Å². The van der Waals surface area contributed by atoms with Gasteiger partial charge >= 0.3 is 0 Å². The first-order chi connectivity index (χ1) is 17.1. The van der Waals surface area contributed by atoms with E-state index >= 15 is 0 Å². The summed E-state index contributed by atoms with van der Waals surface area (Å²) >= 11 is 0. The zero-order chi connectivity index (χ0) is 23.9. The van der Waals surface area contributed by atoms with Crippen molar-refractivity contribution < 1.29 is 4.79 Å². The molecule has 1 amide bonds. The number of amides is 1. The normalized spacial score (nSPS) is 17.3. The number of hydrogen-bond donors (Lipinski definition) is 0. The maximum Gasteiger partial charge on any atom is 0.264 e. The van der Waals surface area contributed by atoms with Crippen LogP contribution in [0.4, 0.5) is 5.82 Å². The molecule has 0 unspecified atom stereocenters. The average Bonchev–Trinajstić information content (AvgIpc) is 3.54.